The maximum absolute atomic E-state index is 2.49. The lowest BCUT2D eigenvalue weighted by atomic mass is 10.00. The van der Waals surface area contributed by atoms with Gasteiger partial charge in [-0.15, -0.1) is 22.7 Å². The van der Waals surface area contributed by atoms with Crippen LogP contribution in [0, 0.1) is 0 Å². The van der Waals surface area contributed by atoms with Crippen molar-refractivity contribution < 1.29 is 0 Å². The number of thiophene rings is 2. The Morgan fingerprint density at radius 2 is 0.831 bits per heavy atom. The zero-order chi connectivity index (χ0) is 46.8. The Labute approximate surface area is 419 Å². The summed E-state index contributed by atoms with van der Waals surface area (Å²) in [5.74, 6) is 0. The molecule has 0 saturated carbocycles. The molecular formula is C66H43N3S2. The van der Waals surface area contributed by atoms with Gasteiger partial charge in [-0.2, -0.15) is 0 Å². The summed E-state index contributed by atoms with van der Waals surface area (Å²) in [5.41, 5.74) is 14.7. The Bertz CT molecular complexity index is 4290. The SMILES string of the molecule is c1ccc(-c2ccc(N(c3cccc(-c4ccccc4N(c4ccccc4)c4ccc5c(c4)sc4ccccc45)c3)c3ccc4c5ccc6sc7ccccc7c6c5n(-c5ccccc5)c4c3)cc2)cc1. The van der Waals surface area contributed by atoms with Crippen molar-refractivity contribution in [2.45, 2.75) is 0 Å². The van der Waals surface area contributed by atoms with Crippen LogP contribution >= 0.6 is 22.7 Å². The first-order valence-electron chi connectivity index (χ1n) is 24.1. The molecule has 0 bridgehead atoms. The maximum atomic E-state index is 2.49. The average Bonchev–Trinajstić information content (AvgIpc) is 4.11. The minimum Gasteiger partial charge on any atom is -0.310 e. The average molecular weight is 942 g/mol. The molecule has 0 fully saturated rings. The molecule has 71 heavy (non-hydrogen) atoms. The summed E-state index contributed by atoms with van der Waals surface area (Å²) < 4.78 is 7.66. The third kappa shape index (κ3) is 7.00. The summed E-state index contributed by atoms with van der Waals surface area (Å²) in [7, 11) is 0. The van der Waals surface area contributed by atoms with Crippen LogP contribution in [0.25, 0.3) is 90.1 Å². The molecule has 0 radical (unpaired) electrons. The van der Waals surface area contributed by atoms with Gasteiger partial charge in [-0.3, -0.25) is 0 Å². The van der Waals surface area contributed by atoms with Crippen LogP contribution < -0.4 is 9.80 Å². The van der Waals surface area contributed by atoms with Crippen LogP contribution in [0.1, 0.15) is 0 Å². The van der Waals surface area contributed by atoms with Crippen LogP contribution in [-0.2, 0) is 0 Å². The highest BCUT2D eigenvalue weighted by molar-refractivity contribution is 7.26. The van der Waals surface area contributed by atoms with Crippen molar-refractivity contribution in [2.75, 3.05) is 9.80 Å². The van der Waals surface area contributed by atoms with E-state index in [9.17, 15) is 0 Å². The second kappa shape index (κ2) is 17.0. The smallest absolute Gasteiger partial charge is 0.0634 e. The largest absolute Gasteiger partial charge is 0.310 e. The van der Waals surface area contributed by atoms with Gasteiger partial charge in [-0.25, -0.2) is 0 Å². The minimum atomic E-state index is 1.07. The van der Waals surface area contributed by atoms with Gasteiger partial charge in [0.05, 0.1) is 16.7 Å². The first-order chi connectivity index (χ1) is 35.2. The standard InChI is InChI=1S/C66H43N3S2/c1-4-17-44(18-5-1)45-31-33-49(34-32-45)67(51-35-37-54-57-39-40-63-65(58-27-12-15-30-62(58)70-63)66(57)69(60(54)42-51)48-22-8-3-9-23-48)50-24-16-19-46(41-50)53-25-10-13-28-59(53)68(47-20-6-2-7-21-47)52-36-38-56-55-26-11-14-29-61(55)71-64(56)43-52/h1-43H. The summed E-state index contributed by atoms with van der Waals surface area (Å²) in [5, 5.41) is 7.66. The first kappa shape index (κ1) is 41.3. The summed E-state index contributed by atoms with van der Waals surface area (Å²) in [6, 6.07) is 95.4. The van der Waals surface area contributed by atoms with Crippen molar-refractivity contribution in [3.63, 3.8) is 0 Å². The van der Waals surface area contributed by atoms with Gasteiger partial charge < -0.3 is 14.4 Å². The van der Waals surface area contributed by atoms with E-state index < -0.39 is 0 Å². The molecule has 3 heterocycles. The fraction of sp³-hybridized carbons (Fsp3) is 0. The predicted octanol–water partition coefficient (Wildman–Crippen LogP) is 19.8. The normalized spacial score (nSPS) is 11.7. The molecule has 0 aliphatic rings. The van der Waals surface area contributed by atoms with Crippen molar-refractivity contribution in [3.05, 3.63) is 261 Å². The molecule has 0 aliphatic heterocycles. The lowest BCUT2D eigenvalue weighted by Gasteiger charge is -2.29. The number of hydrogen-bond acceptors (Lipinski definition) is 4. The van der Waals surface area contributed by atoms with Crippen molar-refractivity contribution >= 4 is 119 Å². The fourth-order valence-corrected chi connectivity index (χ4v) is 13.0. The quantitative estimate of drug-likeness (QED) is 0.143. The van der Waals surface area contributed by atoms with E-state index >= 15 is 0 Å². The molecule has 3 aromatic heterocycles. The number of aromatic nitrogens is 1. The third-order valence-electron chi connectivity index (χ3n) is 14.0. The molecule has 14 aromatic rings. The Kier molecular flexibility index (Phi) is 9.90. The summed E-state index contributed by atoms with van der Waals surface area (Å²) in [4.78, 5) is 4.84. The number of rotatable bonds is 9. The molecule has 3 nitrogen and oxygen atoms in total. The lowest BCUT2D eigenvalue weighted by Crippen LogP contribution is -2.12. The highest BCUT2D eigenvalue weighted by Crippen LogP contribution is 2.48. The second-order valence-corrected chi connectivity index (χ2v) is 20.2. The van der Waals surface area contributed by atoms with E-state index in [2.05, 4.69) is 275 Å². The first-order valence-corrected chi connectivity index (χ1v) is 25.7. The summed E-state index contributed by atoms with van der Waals surface area (Å²) >= 11 is 3.72. The highest BCUT2D eigenvalue weighted by Gasteiger charge is 2.23. The number of hydrogen-bond donors (Lipinski definition) is 0. The van der Waals surface area contributed by atoms with Crippen LogP contribution in [0.4, 0.5) is 34.1 Å². The molecule has 0 saturated heterocycles. The van der Waals surface area contributed by atoms with Gasteiger partial charge in [-0.1, -0.05) is 164 Å². The van der Waals surface area contributed by atoms with E-state index in [0.29, 0.717) is 0 Å². The molecule has 0 atom stereocenters. The van der Waals surface area contributed by atoms with Crippen LogP contribution in [0.5, 0.6) is 0 Å². The van der Waals surface area contributed by atoms with Gasteiger partial charge in [0.15, 0.2) is 0 Å². The van der Waals surface area contributed by atoms with E-state index in [-0.39, 0.29) is 0 Å². The van der Waals surface area contributed by atoms with E-state index in [1.807, 2.05) is 22.7 Å². The van der Waals surface area contributed by atoms with Crippen molar-refractivity contribution in [2.24, 2.45) is 0 Å². The maximum Gasteiger partial charge on any atom is 0.0634 e. The van der Waals surface area contributed by atoms with Crippen molar-refractivity contribution in [1.82, 2.24) is 4.57 Å². The molecule has 0 aliphatic carbocycles. The van der Waals surface area contributed by atoms with Crippen LogP contribution in [0.15, 0.2) is 261 Å². The Hall–Kier alpha value is -8.74. The molecule has 5 heteroatoms. The van der Waals surface area contributed by atoms with Crippen LogP contribution in [-0.4, -0.2) is 4.57 Å². The third-order valence-corrected chi connectivity index (χ3v) is 16.2. The molecule has 11 aromatic carbocycles. The number of anilines is 6. The van der Waals surface area contributed by atoms with Crippen LogP contribution in [0.2, 0.25) is 0 Å². The monoisotopic (exact) mass is 941 g/mol. The van der Waals surface area contributed by atoms with Gasteiger partial charge in [0.2, 0.25) is 0 Å². The Morgan fingerprint density at radius 3 is 1.63 bits per heavy atom. The van der Waals surface area contributed by atoms with E-state index in [4.69, 9.17) is 0 Å². The molecule has 14 rings (SSSR count). The Morgan fingerprint density at radius 1 is 0.296 bits per heavy atom. The second-order valence-electron chi connectivity index (χ2n) is 18.1. The van der Waals surface area contributed by atoms with E-state index in [0.717, 1.165) is 56.5 Å². The molecule has 0 N–H and O–H groups in total. The summed E-state index contributed by atoms with van der Waals surface area (Å²) in [6.45, 7) is 0. The van der Waals surface area contributed by atoms with Crippen molar-refractivity contribution in [1.29, 1.82) is 0 Å². The van der Waals surface area contributed by atoms with Gasteiger partial charge in [0.25, 0.3) is 0 Å². The molecule has 0 spiro atoms. The molecular weight excluding hydrogens is 899 g/mol. The zero-order valence-electron chi connectivity index (χ0n) is 38.5. The number of fused-ring (bicyclic) bond motifs is 10. The Balaban J connectivity index is 0.963. The van der Waals surface area contributed by atoms with Crippen LogP contribution in [0.3, 0.4) is 0 Å². The fourth-order valence-electron chi connectivity index (χ4n) is 10.7. The lowest BCUT2D eigenvalue weighted by molar-refractivity contribution is 1.18. The van der Waals surface area contributed by atoms with Gasteiger partial charge in [0.1, 0.15) is 0 Å². The molecule has 0 amide bonds. The number of para-hydroxylation sites is 3. The van der Waals surface area contributed by atoms with Gasteiger partial charge in [0, 0.05) is 90.8 Å². The molecule has 0 unspecified atom stereocenters. The minimum absolute atomic E-state index is 1.07. The van der Waals surface area contributed by atoms with Gasteiger partial charge >= 0.3 is 0 Å². The summed E-state index contributed by atoms with van der Waals surface area (Å²) in [6.07, 6.45) is 0. The number of nitrogens with zero attached hydrogens (tertiary/aromatic N) is 3. The van der Waals surface area contributed by atoms with Gasteiger partial charge in [-0.05, 0) is 114 Å². The van der Waals surface area contributed by atoms with Crippen molar-refractivity contribution in [3.8, 4) is 27.9 Å². The predicted molar refractivity (Wildman–Crippen MR) is 307 cm³/mol. The molecule has 334 valence electrons. The zero-order valence-corrected chi connectivity index (χ0v) is 40.1. The topological polar surface area (TPSA) is 11.4 Å². The highest BCUT2D eigenvalue weighted by atomic mass is 32.1. The van der Waals surface area contributed by atoms with E-state index in [1.54, 1.807) is 0 Å². The number of benzene rings is 11. The van der Waals surface area contributed by atoms with E-state index in [1.165, 1.54) is 67.8 Å².